The van der Waals surface area contributed by atoms with Gasteiger partial charge in [0.25, 0.3) is 0 Å². The van der Waals surface area contributed by atoms with Gasteiger partial charge in [0, 0.05) is 6.26 Å². The van der Waals surface area contributed by atoms with Crippen molar-refractivity contribution in [2.24, 2.45) is 0 Å². The van der Waals surface area contributed by atoms with Crippen LogP contribution >= 0.6 is 0 Å². The number of hydrogen-bond donors (Lipinski definition) is 1. The third-order valence-electron chi connectivity index (χ3n) is 0.810. The van der Waals surface area contributed by atoms with Crippen LogP contribution in [0.15, 0.2) is 11.2 Å². The first-order valence-electron chi connectivity index (χ1n) is 3.14. The van der Waals surface area contributed by atoms with Crippen molar-refractivity contribution < 1.29 is 23.1 Å². The molecule has 0 amide bonds. The SMILES string of the molecule is CCOC(=O)/C(O)=C\S(C)(=O)=O. The van der Waals surface area contributed by atoms with Gasteiger partial charge in [-0.3, -0.25) is 0 Å². The van der Waals surface area contributed by atoms with Gasteiger partial charge in [-0.05, 0) is 6.92 Å². The van der Waals surface area contributed by atoms with Crippen molar-refractivity contribution in [2.45, 2.75) is 6.92 Å². The molecule has 1 N–H and O–H groups in total. The average molecular weight is 194 g/mol. The molecule has 12 heavy (non-hydrogen) atoms. The van der Waals surface area contributed by atoms with E-state index in [9.17, 15) is 13.2 Å². The number of rotatable bonds is 3. The van der Waals surface area contributed by atoms with E-state index in [2.05, 4.69) is 4.74 Å². The number of carbonyl (C=O) groups excluding carboxylic acids is 1. The normalized spacial score (nSPS) is 12.7. The monoisotopic (exact) mass is 194 g/mol. The minimum absolute atomic E-state index is 0.0838. The standard InChI is InChI=1S/C6H10O5S/c1-3-11-6(8)5(7)4-12(2,9)10/h4,7H,3H2,1-2H3/b5-4+. The Labute approximate surface area is 70.6 Å². The highest BCUT2D eigenvalue weighted by atomic mass is 32.2. The first-order chi connectivity index (χ1) is 5.37. The number of aliphatic hydroxyl groups excluding tert-OH is 1. The maximum absolute atomic E-state index is 10.6. The van der Waals surface area contributed by atoms with E-state index in [4.69, 9.17) is 5.11 Å². The van der Waals surface area contributed by atoms with Crippen LogP contribution in [-0.2, 0) is 19.4 Å². The highest BCUT2D eigenvalue weighted by Crippen LogP contribution is 1.96. The largest absolute Gasteiger partial charge is 0.501 e. The first-order valence-corrected chi connectivity index (χ1v) is 5.10. The zero-order valence-electron chi connectivity index (χ0n) is 6.77. The van der Waals surface area contributed by atoms with E-state index < -0.39 is 21.6 Å². The van der Waals surface area contributed by atoms with Crippen molar-refractivity contribution >= 4 is 15.8 Å². The summed E-state index contributed by atoms with van der Waals surface area (Å²) in [6, 6.07) is 0. The fourth-order valence-electron chi connectivity index (χ4n) is 0.456. The Balaban J connectivity index is 4.50. The van der Waals surface area contributed by atoms with Crippen molar-refractivity contribution in [3.63, 3.8) is 0 Å². The first kappa shape index (κ1) is 11.0. The van der Waals surface area contributed by atoms with E-state index in [1.807, 2.05) is 0 Å². The van der Waals surface area contributed by atoms with Gasteiger partial charge in [-0.2, -0.15) is 0 Å². The lowest BCUT2D eigenvalue weighted by molar-refractivity contribution is -0.141. The summed E-state index contributed by atoms with van der Waals surface area (Å²) in [4.78, 5) is 10.6. The Morgan fingerprint density at radius 1 is 1.58 bits per heavy atom. The zero-order chi connectivity index (χ0) is 9.78. The average Bonchev–Trinajstić information content (AvgIpc) is 1.84. The number of esters is 1. The van der Waals surface area contributed by atoms with Crippen LogP contribution in [0.2, 0.25) is 0 Å². The second-order valence-corrected chi connectivity index (χ2v) is 3.95. The Morgan fingerprint density at radius 3 is 2.42 bits per heavy atom. The number of aliphatic hydroxyl groups is 1. The fraction of sp³-hybridized carbons (Fsp3) is 0.500. The van der Waals surface area contributed by atoms with Gasteiger partial charge in [0.2, 0.25) is 5.76 Å². The van der Waals surface area contributed by atoms with Crippen LogP contribution in [0.25, 0.3) is 0 Å². The lowest BCUT2D eigenvalue weighted by Gasteiger charge is -1.98. The predicted molar refractivity (Wildman–Crippen MR) is 42.2 cm³/mol. The maximum atomic E-state index is 10.6. The van der Waals surface area contributed by atoms with Crippen molar-refractivity contribution in [1.82, 2.24) is 0 Å². The van der Waals surface area contributed by atoms with Crippen LogP contribution in [-0.4, -0.2) is 32.4 Å². The van der Waals surface area contributed by atoms with Gasteiger partial charge in [-0.1, -0.05) is 0 Å². The lowest BCUT2D eigenvalue weighted by atomic mass is 10.6. The molecule has 0 saturated carbocycles. The van der Waals surface area contributed by atoms with Gasteiger partial charge in [-0.15, -0.1) is 0 Å². The van der Waals surface area contributed by atoms with E-state index in [-0.39, 0.29) is 6.61 Å². The summed E-state index contributed by atoms with van der Waals surface area (Å²) in [5.41, 5.74) is 0. The van der Waals surface area contributed by atoms with Crippen LogP contribution in [0, 0.1) is 0 Å². The molecule has 0 aliphatic heterocycles. The quantitative estimate of drug-likeness (QED) is 0.388. The molecular formula is C6H10O5S. The van der Waals surface area contributed by atoms with Gasteiger partial charge < -0.3 is 9.84 Å². The molecule has 0 aliphatic rings. The highest BCUT2D eigenvalue weighted by Gasteiger charge is 2.10. The number of sulfone groups is 1. The third-order valence-corrected chi connectivity index (χ3v) is 1.46. The summed E-state index contributed by atoms with van der Waals surface area (Å²) in [5, 5.41) is 9.24. The van der Waals surface area contributed by atoms with Crippen molar-refractivity contribution in [3.05, 3.63) is 11.2 Å². The van der Waals surface area contributed by atoms with Gasteiger partial charge in [0.1, 0.15) is 0 Å². The molecule has 6 heteroatoms. The van der Waals surface area contributed by atoms with E-state index in [0.717, 1.165) is 6.26 Å². The molecule has 0 unspecified atom stereocenters. The second kappa shape index (κ2) is 4.10. The molecule has 0 aromatic rings. The predicted octanol–water partition coefficient (Wildman–Crippen LogP) is -0.00650. The van der Waals surface area contributed by atoms with Gasteiger partial charge in [-0.25, -0.2) is 13.2 Å². The number of carbonyl (C=O) groups is 1. The smallest absolute Gasteiger partial charge is 0.374 e. The fourth-order valence-corrected chi connectivity index (χ4v) is 0.958. The van der Waals surface area contributed by atoms with Crippen LogP contribution < -0.4 is 0 Å². The second-order valence-electron chi connectivity index (χ2n) is 2.05. The topological polar surface area (TPSA) is 80.7 Å². The molecule has 70 valence electrons. The van der Waals surface area contributed by atoms with E-state index >= 15 is 0 Å². The molecule has 5 nitrogen and oxygen atoms in total. The summed E-state index contributed by atoms with van der Waals surface area (Å²) >= 11 is 0. The Morgan fingerprint density at radius 2 is 2.08 bits per heavy atom. The van der Waals surface area contributed by atoms with Crippen molar-refractivity contribution in [3.8, 4) is 0 Å². The molecule has 0 spiro atoms. The highest BCUT2D eigenvalue weighted by molar-refractivity contribution is 7.93. The minimum atomic E-state index is -3.50. The summed E-state index contributed by atoms with van der Waals surface area (Å²) < 4.78 is 25.3. The van der Waals surface area contributed by atoms with Gasteiger partial charge in [0.05, 0.1) is 12.0 Å². The molecule has 0 aliphatic carbocycles. The Bertz CT molecular complexity index is 287. The summed E-state index contributed by atoms with van der Waals surface area (Å²) in [5.74, 6) is -1.94. The minimum Gasteiger partial charge on any atom is -0.501 e. The molecular weight excluding hydrogens is 184 g/mol. The zero-order valence-corrected chi connectivity index (χ0v) is 7.59. The number of ether oxygens (including phenoxy) is 1. The molecule has 0 aromatic heterocycles. The number of hydrogen-bond acceptors (Lipinski definition) is 5. The molecule has 0 aromatic carbocycles. The van der Waals surface area contributed by atoms with Crippen LogP contribution in [0.1, 0.15) is 6.92 Å². The summed E-state index contributed by atoms with van der Waals surface area (Å²) in [6.45, 7) is 1.63. The molecule has 0 rings (SSSR count). The van der Waals surface area contributed by atoms with Crippen molar-refractivity contribution in [2.75, 3.05) is 12.9 Å². The molecule has 0 saturated heterocycles. The van der Waals surface area contributed by atoms with Crippen LogP contribution in [0.3, 0.4) is 0 Å². The Hall–Kier alpha value is -1.04. The van der Waals surface area contributed by atoms with Crippen LogP contribution in [0.5, 0.6) is 0 Å². The van der Waals surface area contributed by atoms with E-state index in [0.29, 0.717) is 5.41 Å². The van der Waals surface area contributed by atoms with Gasteiger partial charge >= 0.3 is 5.97 Å². The van der Waals surface area contributed by atoms with Gasteiger partial charge in [0.15, 0.2) is 9.84 Å². The summed E-state index contributed by atoms with van der Waals surface area (Å²) in [6.07, 6.45) is 0.864. The molecule has 0 radical (unpaired) electrons. The molecule has 0 bridgehead atoms. The third kappa shape index (κ3) is 4.73. The van der Waals surface area contributed by atoms with Crippen LogP contribution in [0.4, 0.5) is 0 Å². The summed E-state index contributed by atoms with van der Waals surface area (Å²) in [7, 11) is -3.50. The van der Waals surface area contributed by atoms with E-state index in [1.54, 1.807) is 6.92 Å². The maximum Gasteiger partial charge on any atom is 0.374 e. The van der Waals surface area contributed by atoms with Crippen molar-refractivity contribution in [1.29, 1.82) is 0 Å². The Kier molecular flexibility index (Phi) is 3.75. The molecule has 0 heterocycles. The van der Waals surface area contributed by atoms with E-state index in [1.165, 1.54) is 0 Å². The molecule has 0 atom stereocenters. The molecule has 0 fully saturated rings. The lowest BCUT2D eigenvalue weighted by Crippen LogP contribution is -2.08.